The highest BCUT2D eigenvalue weighted by molar-refractivity contribution is 5.86. The second-order valence-electron chi connectivity index (χ2n) is 1.68. The van der Waals surface area contributed by atoms with Crippen molar-refractivity contribution in [3.05, 3.63) is 11.8 Å². The van der Waals surface area contributed by atoms with Crippen LogP contribution in [0.2, 0.25) is 0 Å². The minimum Gasteiger partial charge on any atom is -0.478 e. The van der Waals surface area contributed by atoms with Crippen molar-refractivity contribution in [3.63, 3.8) is 0 Å². The van der Waals surface area contributed by atoms with Crippen molar-refractivity contribution in [1.82, 2.24) is 5.32 Å². The van der Waals surface area contributed by atoms with Crippen LogP contribution in [-0.4, -0.2) is 17.6 Å². The third kappa shape index (κ3) is 0.804. The lowest BCUT2D eigenvalue weighted by atomic mass is 10.2. The number of nitrogens with one attached hydrogen (secondary N) is 1. The van der Waals surface area contributed by atoms with E-state index >= 15 is 0 Å². The second-order valence-corrected chi connectivity index (χ2v) is 1.68. The van der Waals surface area contributed by atoms with E-state index in [1.54, 1.807) is 6.20 Å². The van der Waals surface area contributed by atoms with Gasteiger partial charge in [0.15, 0.2) is 0 Å². The normalized spacial score (nSPS) is 17.2. The maximum Gasteiger partial charge on any atom is 0.333 e. The SMILES string of the molecule is O=C(O)C1=CNCC1. The van der Waals surface area contributed by atoms with Gasteiger partial charge in [0.2, 0.25) is 0 Å². The molecule has 44 valence electrons. The minimum absolute atomic E-state index is 0.477. The van der Waals surface area contributed by atoms with Crippen LogP contribution in [0.1, 0.15) is 6.42 Å². The van der Waals surface area contributed by atoms with E-state index in [0.29, 0.717) is 12.0 Å². The van der Waals surface area contributed by atoms with E-state index in [9.17, 15) is 4.79 Å². The van der Waals surface area contributed by atoms with Crippen molar-refractivity contribution in [2.24, 2.45) is 0 Å². The van der Waals surface area contributed by atoms with Crippen LogP contribution in [0.3, 0.4) is 0 Å². The molecular weight excluding hydrogens is 106 g/mol. The maximum absolute atomic E-state index is 10.1. The molecule has 0 unspecified atom stereocenters. The zero-order valence-corrected chi connectivity index (χ0v) is 4.35. The molecule has 1 heterocycles. The van der Waals surface area contributed by atoms with E-state index in [1.165, 1.54) is 0 Å². The molecule has 3 heteroatoms. The molecule has 2 N–H and O–H groups in total. The van der Waals surface area contributed by atoms with Gasteiger partial charge in [-0.25, -0.2) is 4.79 Å². The molecule has 0 saturated carbocycles. The molecule has 0 aromatic rings. The van der Waals surface area contributed by atoms with E-state index in [4.69, 9.17) is 5.11 Å². The van der Waals surface area contributed by atoms with Gasteiger partial charge in [-0.15, -0.1) is 0 Å². The van der Waals surface area contributed by atoms with Crippen LogP contribution in [0.25, 0.3) is 0 Å². The topological polar surface area (TPSA) is 49.3 Å². The molecule has 0 atom stereocenters. The van der Waals surface area contributed by atoms with Gasteiger partial charge in [0.25, 0.3) is 0 Å². The van der Waals surface area contributed by atoms with E-state index in [2.05, 4.69) is 5.32 Å². The van der Waals surface area contributed by atoms with Gasteiger partial charge in [0.1, 0.15) is 0 Å². The zero-order chi connectivity index (χ0) is 5.98. The summed E-state index contributed by atoms with van der Waals surface area (Å²) in [7, 11) is 0. The van der Waals surface area contributed by atoms with Crippen LogP contribution in [0.15, 0.2) is 11.8 Å². The highest BCUT2D eigenvalue weighted by Gasteiger charge is 2.09. The van der Waals surface area contributed by atoms with Crippen LogP contribution in [0, 0.1) is 0 Å². The summed E-state index contributed by atoms with van der Waals surface area (Å²) >= 11 is 0. The van der Waals surface area contributed by atoms with Crippen LogP contribution in [0.5, 0.6) is 0 Å². The summed E-state index contributed by atoms with van der Waals surface area (Å²) in [5, 5.41) is 11.1. The van der Waals surface area contributed by atoms with Crippen molar-refractivity contribution in [3.8, 4) is 0 Å². The summed E-state index contributed by atoms with van der Waals surface area (Å²) in [6.45, 7) is 0.766. The lowest BCUT2D eigenvalue weighted by molar-refractivity contribution is -0.132. The number of carboxylic acids is 1. The molecule has 0 aromatic heterocycles. The third-order valence-electron chi connectivity index (χ3n) is 1.09. The maximum atomic E-state index is 10.1. The average molecular weight is 113 g/mol. The number of hydrogen-bond donors (Lipinski definition) is 2. The Labute approximate surface area is 47.0 Å². The van der Waals surface area contributed by atoms with Gasteiger partial charge in [0, 0.05) is 12.7 Å². The lowest BCUT2D eigenvalue weighted by Crippen LogP contribution is -1.97. The number of rotatable bonds is 1. The first-order valence-corrected chi connectivity index (χ1v) is 2.46. The first-order chi connectivity index (χ1) is 3.80. The molecule has 8 heavy (non-hydrogen) atoms. The summed E-state index contributed by atoms with van der Waals surface area (Å²) in [5.41, 5.74) is 0.477. The molecule has 3 nitrogen and oxygen atoms in total. The number of aliphatic carboxylic acids is 1. The Balaban J connectivity index is 2.57. The molecule has 1 rings (SSSR count). The Hall–Kier alpha value is -0.990. The Kier molecular flexibility index (Phi) is 1.20. The first kappa shape index (κ1) is 5.15. The Morgan fingerprint density at radius 1 is 1.88 bits per heavy atom. The standard InChI is InChI=1S/C5H7NO2/c7-5(8)4-1-2-6-3-4/h3,6H,1-2H2,(H,7,8). The van der Waals surface area contributed by atoms with Gasteiger partial charge in [-0.05, 0) is 6.42 Å². The molecule has 0 aromatic carbocycles. The molecule has 0 radical (unpaired) electrons. The molecule has 0 spiro atoms. The van der Waals surface area contributed by atoms with Gasteiger partial charge in [-0.2, -0.15) is 0 Å². The van der Waals surface area contributed by atoms with Gasteiger partial charge in [-0.1, -0.05) is 0 Å². The summed E-state index contributed by atoms with van der Waals surface area (Å²) < 4.78 is 0. The zero-order valence-electron chi connectivity index (χ0n) is 4.35. The van der Waals surface area contributed by atoms with Crippen LogP contribution >= 0.6 is 0 Å². The van der Waals surface area contributed by atoms with Gasteiger partial charge >= 0.3 is 5.97 Å². The number of carbonyl (C=O) groups is 1. The lowest BCUT2D eigenvalue weighted by Gasteiger charge is -1.85. The third-order valence-corrected chi connectivity index (χ3v) is 1.09. The van der Waals surface area contributed by atoms with Crippen LogP contribution in [0.4, 0.5) is 0 Å². The molecule has 0 saturated heterocycles. The summed E-state index contributed by atoms with van der Waals surface area (Å²) in [4.78, 5) is 10.1. The Morgan fingerprint density at radius 2 is 2.62 bits per heavy atom. The fraction of sp³-hybridized carbons (Fsp3) is 0.400. The summed E-state index contributed by atoms with van der Waals surface area (Å²) in [6, 6.07) is 0. The monoisotopic (exact) mass is 113 g/mol. The fourth-order valence-electron chi connectivity index (χ4n) is 0.643. The van der Waals surface area contributed by atoms with Crippen molar-refractivity contribution in [1.29, 1.82) is 0 Å². The Morgan fingerprint density at radius 3 is 2.88 bits per heavy atom. The van der Waals surface area contributed by atoms with Crippen LogP contribution < -0.4 is 5.32 Å². The van der Waals surface area contributed by atoms with Crippen molar-refractivity contribution in [2.45, 2.75) is 6.42 Å². The molecule has 1 aliphatic heterocycles. The van der Waals surface area contributed by atoms with Gasteiger partial charge < -0.3 is 10.4 Å². The molecule has 0 fully saturated rings. The quantitative estimate of drug-likeness (QED) is 0.501. The highest BCUT2D eigenvalue weighted by atomic mass is 16.4. The highest BCUT2D eigenvalue weighted by Crippen LogP contribution is 2.03. The van der Waals surface area contributed by atoms with E-state index in [-0.39, 0.29) is 0 Å². The summed E-state index contributed by atoms with van der Waals surface area (Å²) in [5.74, 6) is -0.810. The molecular formula is C5H7NO2. The molecule has 0 amide bonds. The summed E-state index contributed by atoms with van der Waals surface area (Å²) in [6.07, 6.45) is 2.19. The first-order valence-electron chi connectivity index (χ1n) is 2.46. The predicted molar refractivity (Wildman–Crippen MR) is 28.3 cm³/mol. The van der Waals surface area contributed by atoms with E-state index < -0.39 is 5.97 Å². The van der Waals surface area contributed by atoms with Crippen molar-refractivity contribution >= 4 is 5.97 Å². The van der Waals surface area contributed by atoms with E-state index in [0.717, 1.165) is 6.54 Å². The van der Waals surface area contributed by atoms with Gasteiger partial charge in [0.05, 0.1) is 5.57 Å². The average Bonchev–Trinajstić information content (AvgIpc) is 2.12. The Bertz CT molecular complexity index is 139. The van der Waals surface area contributed by atoms with Crippen LogP contribution in [-0.2, 0) is 4.79 Å². The fourth-order valence-corrected chi connectivity index (χ4v) is 0.643. The molecule has 0 aliphatic carbocycles. The predicted octanol–water partition coefficient (Wildman–Crippen LogP) is -0.0518. The van der Waals surface area contributed by atoms with Crippen molar-refractivity contribution < 1.29 is 9.90 Å². The second kappa shape index (κ2) is 1.86. The molecule has 1 aliphatic rings. The van der Waals surface area contributed by atoms with Gasteiger partial charge in [-0.3, -0.25) is 0 Å². The van der Waals surface area contributed by atoms with E-state index in [1.807, 2.05) is 0 Å². The number of carboxylic acid groups (broad SMARTS) is 1. The smallest absolute Gasteiger partial charge is 0.333 e. The van der Waals surface area contributed by atoms with Crippen molar-refractivity contribution in [2.75, 3.05) is 6.54 Å². The number of hydrogen-bond acceptors (Lipinski definition) is 2. The minimum atomic E-state index is -0.810. The largest absolute Gasteiger partial charge is 0.478 e. The molecule has 0 bridgehead atoms.